The Kier molecular flexibility index (Phi) is 11.4. The van der Waals surface area contributed by atoms with Crippen molar-refractivity contribution in [2.75, 3.05) is 45.9 Å². The van der Waals surface area contributed by atoms with Crippen molar-refractivity contribution < 1.29 is 9.53 Å². The van der Waals surface area contributed by atoms with Crippen molar-refractivity contribution in [1.29, 1.82) is 0 Å². The van der Waals surface area contributed by atoms with E-state index < -0.39 is 0 Å². The van der Waals surface area contributed by atoms with E-state index in [-0.39, 0.29) is 35.8 Å². The fourth-order valence-electron chi connectivity index (χ4n) is 3.51. The highest BCUT2D eigenvalue weighted by Crippen LogP contribution is 2.20. The molecule has 3 rings (SSSR count). The predicted molar refractivity (Wildman–Crippen MR) is 136 cm³/mol. The third-order valence-electron chi connectivity index (χ3n) is 5.15. The maximum absolute atomic E-state index is 13.2. The summed E-state index contributed by atoms with van der Waals surface area (Å²) in [5.41, 5.74) is 2.28. The summed E-state index contributed by atoms with van der Waals surface area (Å²) in [6.45, 7) is 6.47. The first-order valence-electron chi connectivity index (χ1n) is 10.8. The Balaban J connectivity index is 0.00000341. The van der Waals surface area contributed by atoms with Gasteiger partial charge in [-0.25, -0.2) is 0 Å². The second-order valence-electron chi connectivity index (χ2n) is 7.28. The number of aliphatic imine (C=N–C) groups is 1. The number of morpholine rings is 1. The van der Waals surface area contributed by atoms with Crippen LogP contribution < -0.4 is 10.6 Å². The fourth-order valence-corrected chi connectivity index (χ4v) is 3.51. The lowest BCUT2D eigenvalue weighted by molar-refractivity contribution is -0.136. The first kappa shape index (κ1) is 25.1. The first-order chi connectivity index (χ1) is 14.8. The molecule has 0 aliphatic carbocycles. The minimum absolute atomic E-state index is 0. The van der Waals surface area contributed by atoms with Crippen molar-refractivity contribution in [1.82, 2.24) is 15.5 Å². The van der Waals surface area contributed by atoms with Crippen LogP contribution in [0.4, 0.5) is 0 Å². The van der Waals surface area contributed by atoms with Crippen LogP contribution in [0.3, 0.4) is 0 Å². The van der Waals surface area contributed by atoms with E-state index in [0.29, 0.717) is 32.8 Å². The van der Waals surface area contributed by atoms with Crippen LogP contribution in [0, 0.1) is 0 Å². The SMILES string of the molecule is CCNC(=NCC(C(=O)N1CCOCC1)c1ccccc1)NCCc1ccccc1.I. The largest absolute Gasteiger partial charge is 0.378 e. The molecule has 2 N–H and O–H groups in total. The Morgan fingerprint density at radius 3 is 2.32 bits per heavy atom. The molecule has 6 nitrogen and oxygen atoms in total. The van der Waals surface area contributed by atoms with Gasteiger partial charge in [0.2, 0.25) is 5.91 Å². The Labute approximate surface area is 202 Å². The number of amides is 1. The van der Waals surface area contributed by atoms with E-state index in [4.69, 9.17) is 9.73 Å². The van der Waals surface area contributed by atoms with Gasteiger partial charge in [-0.3, -0.25) is 9.79 Å². The number of carbonyl (C=O) groups is 1. The van der Waals surface area contributed by atoms with E-state index >= 15 is 0 Å². The predicted octanol–water partition coefficient (Wildman–Crippen LogP) is 3.04. The van der Waals surface area contributed by atoms with Crippen molar-refractivity contribution in [3.63, 3.8) is 0 Å². The molecule has 2 aromatic rings. The second-order valence-corrected chi connectivity index (χ2v) is 7.28. The van der Waals surface area contributed by atoms with Gasteiger partial charge in [0.25, 0.3) is 0 Å². The molecule has 0 aromatic heterocycles. The molecule has 1 atom stereocenters. The topological polar surface area (TPSA) is 66.0 Å². The lowest BCUT2D eigenvalue weighted by Gasteiger charge is -2.30. The van der Waals surface area contributed by atoms with Gasteiger partial charge in [0.05, 0.1) is 25.7 Å². The van der Waals surface area contributed by atoms with Crippen molar-refractivity contribution >= 4 is 35.8 Å². The molecule has 31 heavy (non-hydrogen) atoms. The Bertz CT molecular complexity index is 796. The zero-order valence-electron chi connectivity index (χ0n) is 18.1. The van der Waals surface area contributed by atoms with E-state index in [1.54, 1.807) is 0 Å². The minimum Gasteiger partial charge on any atom is -0.378 e. The number of guanidine groups is 1. The molecule has 1 amide bonds. The summed E-state index contributed by atoms with van der Waals surface area (Å²) >= 11 is 0. The highest BCUT2D eigenvalue weighted by molar-refractivity contribution is 14.0. The quantitative estimate of drug-likeness (QED) is 0.310. The maximum Gasteiger partial charge on any atom is 0.232 e. The average Bonchev–Trinajstić information content (AvgIpc) is 2.81. The zero-order chi connectivity index (χ0) is 21.0. The van der Waals surface area contributed by atoms with Crippen molar-refractivity contribution in [2.45, 2.75) is 19.3 Å². The smallest absolute Gasteiger partial charge is 0.232 e. The van der Waals surface area contributed by atoms with Gasteiger partial charge in [-0.2, -0.15) is 0 Å². The molecule has 1 fully saturated rings. The fraction of sp³-hybridized carbons (Fsp3) is 0.417. The van der Waals surface area contributed by atoms with Gasteiger partial charge in [0.15, 0.2) is 5.96 Å². The molecule has 0 saturated carbocycles. The molecule has 1 aliphatic heterocycles. The summed E-state index contributed by atoms with van der Waals surface area (Å²) in [5, 5.41) is 6.68. The van der Waals surface area contributed by atoms with Crippen molar-refractivity contribution in [3.8, 4) is 0 Å². The van der Waals surface area contributed by atoms with Gasteiger partial charge in [-0.05, 0) is 24.5 Å². The standard InChI is InChI=1S/C24H32N4O2.HI/c1-2-25-24(26-14-13-20-9-5-3-6-10-20)27-19-22(21-11-7-4-8-12-21)23(29)28-15-17-30-18-16-28;/h3-12,22H,2,13-19H2,1H3,(H2,25,26,27);1H. The summed E-state index contributed by atoms with van der Waals surface area (Å²) in [6.07, 6.45) is 0.917. The monoisotopic (exact) mass is 536 g/mol. The number of ether oxygens (including phenoxy) is 1. The van der Waals surface area contributed by atoms with Crippen molar-refractivity contribution in [2.24, 2.45) is 4.99 Å². The summed E-state index contributed by atoms with van der Waals surface area (Å²) in [4.78, 5) is 19.9. The zero-order valence-corrected chi connectivity index (χ0v) is 20.5. The number of rotatable bonds is 8. The molecule has 0 spiro atoms. The van der Waals surface area contributed by atoms with E-state index in [1.807, 2.05) is 48.2 Å². The molecule has 2 aromatic carbocycles. The highest BCUT2D eigenvalue weighted by atomic mass is 127. The number of nitrogens with one attached hydrogen (secondary N) is 2. The van der Waals surface area contributed by atoms with Crippen LogP contribution in [-0.2, 0) is 16.0 Å². The highest BCUT2D eigenvalue weighted by Gasteiger charge is 2.27. The van der Waals surface area contributed by atoms with E-state index in [2.05, 4.69) is 34.9 Å². The summed E-state index contributed by atoms with van der Waals surface area (Å²) in [5.74, 6) is 0.561. The van der Waals surface area contributed by atoms with Gasteiger partial charge < -0.3 is 20.3 Å². The Morgan fingerprint density at radius 2 is 1.68 bits per heavy atom. The van der Waals surface area contributed by atoms with Crippen LogP contribution in [0.5, 0.6) is 0 Å². The van der Waals surface area contributed by atoms with Crippen LogP contribution in [0.2, 0.25) is 0 Å². The Morgan fingerprint density at radius 1 is 1.03 bits per heavy atom. The first-order valence-corrected chi connectivity index (χ1v) is 10.8. The molecular weight excluding hydrogens is 503 g/mol. The molecule has 0 radical (unpaired) electrons. The minimum atomic E-state index is -0.297. The maximum atomic E-state index is 13.2. The number of nitrogens with zero attached hydrogens (tertiary/aromatic N) is 2. The third kappa shape index (κ3) is 8.14. The van der Waals surface area contributed by atoms with Crippen LogP contribution in [0.1, 0.15) is 24.0 Å². The van der Waals surface area contributed by atoms with Crippen LogP contribution in [0.15, 0.2) is 65.7 Å². The molecule has 1 aliphatic rings. The molecular formula is C24H33IN4O2. The molecule has 7 heteroatoms. The van der Waals surface area contributed by atoms with E-state index in [9.17, 15) is 4.79 Å². The number of halogens is 1. The van der Waals surface area contributed by atoms with Gasteiger partial charge in [-0.1, -0.05) is 60.7 Å². The van der Waals surface area contributed by atoms with E-state index in [1.165, 1.54) is 5.56 Å². The molecule has 1 heterocycles. The Hall–Kier alpha value is -2.13. The van der Waals surface area contributed by atoms with Crippen LogP contribution >= 0.6 is 24.0 Å². The van der Waals surface area contributed by atoms with Gasteiger partial charge in [0, 0.05) is 26.2 Å². The number of carbonyl (C=O) groups excluding carboxylic acids is 1. The van der Waals surface area contributed by atoms with Gasteiger partial charge >= 0.3 is 0 Å². The van der Waals surface area contributed by atoms with Crippen LogP contribution in [0.25, 0.3) is 0 Å². The number of hydrogen-bond donors (Lipinski definition) is 2. The lowest BCUT2D eigenvalue weighted by atomic mass is 9.97. The molecule has 168 valence electrons. The molecule has 1 unspecified atom stereocenters. The van der Waals surface area contributed by atoms with Gasteiger partial charge in [-0.15, -0.1) is 24.0 Å². The number of benzene rings is 2. The van der Waals surface area contributed by atoms with E-state index in [0.717, 1.165) is 31.0 Å². The summed E-state index contributed by atoms with van der Waals surface area (Å²) in [6, 6.07) is 20.3. The third-order valence-corrected chi connectivity index (χ3v) is 5.15. The normalized spacial score (nSPS) is 15.0. The average molecular weight is 536 g/mol. The molecule has 0 bridgehead atoms. The summed E-state index contributed by atoms with van der Waals surface area (Å²) < 4.78 is 5.40. The summed E-state index contributed by atoms with van der Waals surface area (Å²) in [7, 11) is 0. The molecule has 1 saturated heterocycles. The van der Waals surface area contributed by atoms with Crippen LogP contribution in [-0.4, -0.2) is 62.7 Å². The number of hydrogen-bond acceptors (Lipinski definition) is 3. The second kappa shape index (κ2) is 14.0. The van der Waals surface area contributed by atoms with Crippen molar-refractivity contribution in [3.05, 3.63) is 71.8 Å². The lowest BCUT2D eigenvalue weighted by Crippen LogP contribution is -2.44. The van der Waals surface area contributed by atoms with Gasteiger partial charge in [0.1, 0.15) is 0 Å².